The molecule has 0 aliphatic rings. The van der Waals surface area contributed by atoms with Gasteiger partial charge in [-0.05, 0) is 59.1 Å². The molecule has 110 valence electrons. The van der Waals surface area contributed by atoms with Gasteiger partial charge >= 0.3 is 0 Å². The topological polar surface area (TPSA) is 78.4 Å². The van der Waals surface area contributed by atoms with Gasteiger partial charge in [-0.15, -0.1) is 0 Å². The van der Waals surface area contributed by atoms with Crippen LogP contribution in [0.3, 0.4) is 0 Å². The normalized spacial score (nSPS) is 12.0. The second kappa shape index (κ2) is 6.24. The molecule has 2 rings (SSSR count). The maximum absolute atomic E-state index is 10.7. The standard InChI is InChI=1S/C15H15BrN2O3/c1-9-7-12(18(19)20)4-6-14(9)21-15-5-3-11(10(2)17)8-13(15)16/h3-8,10H,17H2,1-2H3/t10-/m1/s1. The van der Waals surface area contributed by atoms with Crippen molar-refractivity contribution in [3.05, 3.63) is 62.1 Å². The maximum Gasteiger partial charge on any atom is 0.269 e. The quantitative estimate of drug-likeness (QED) is 0.651. The number of benzene rings is 2. The summed E-state index contributed by atoms with van der Waals surface area (Å²) in [7, 11) is 0. The van der Waals surface area contributed by atoms with Crippen LogP contribution < -0.4 is 10.5 Å². The van der Waals surface area contributed by atoms with Crippen molar-refractivity contribution in [3.63, 3.8) is 0 Å². The van der Waals surface area contributed by atoms with E-state index >= 15 is 0 Å². The molecule has 5 nitrogen and oxygen atoms in total. The molecule has 21 heavy (non-hydrogen) atoms. The van der Waals surface area contributed by atoms with Crippen molar-refractivity contribution in [1.29, 1.82) is 0 Å². The van der Waals surface area contributed by atoms with Gasteiger partial charge in [0.2, 0.25) is 0 Å². The van der Waals surface area contributed by atoms with E-state index in [1.807, 2.05) is 25.1 Å². The van der Waals surface area contributed by atoms with E-state index in [9.17, 15) is 10.1 Å². The molecule has 0 radical (unpaired) electrons. The highest BCUT2D eigenvalue weighted by Crippen LogP contribution is 2.34. The van der Waals surface area contributed by atoms with Gasteiger partial charge in [0.1, 0.15) is 11.5 Å². The number of nitro benzene ring substituents is 1. The minimum absolute atomic E-state index is 0.0474. The Morgan fingerprint density at radius 2 is 1.90 bits per heavy atom. The van der Waals surface area contributed by atoms with Gasteiger partial charge in [-0.1, -0.05) is 6.07 Å². The number of nitrogens with two attached hydrogens (primary N) is 1. The van der Waals surface area contributed by atoms with Gasteiger partial charge in [-0.25, -0.2) is 0 Å². The molecule has 6 heteroatoms. The fraction of sp³-hybridized carbons (Fsp3) is 0.200. The molecule has 0 fully saturated rings. The van der Waals surface area contributed by atoms with Gasteiger partial charge in [0.05, 0.1) is 9.40 Å². The maximum atomic E-state index is 10.7. The lowest BCUT2D eigenvalue weighted by molar-refractivity contribution is -0.384. The van der Waals surface area contributed by atoms with Gasteiger partial charge in [0, 0.05) is 18.2 Å². The van der Waals surface area contributed by atoms with Crippen LogP contribution in [0.15, 0.2) is 40.9 Å². The number of rotatable bonds is 4. The monoisotopic (exact) mass is 350 g/mol. The predicted molar refractivity (Wildman–Crippen MR) is 84.7 cm³/mol. The minimum atomic E-state index is -0.426. The lowest BCUT2D eigenvalue weighted by Crippen LogP contribution is -2.04. The Balaban J connectivity index is 2.28. The smallest absolute Gasteiger partial charge is 0.269 e. The fourth-order valence-electron chi connectivity index (χ4n) is 1.86. The Bertz CT molecular complexity index is 687. The lowest BCUT2D eigenvalue weighted by Gasteiger charge is -2.12. The number of nitro groups is 1. The van der Waals surface area contributed by atoms with Gasteiger partial charge in [0.15, 0.2) is 0 Å². The van der Waals surface area contributed by atoms with Crippen LogP contribution in [0.1, 0.15) is 24.1 Å². The summed E-state index contributed by atoms with van der Waals surface area (Å²) in [4.78, 5) is 10.3. The van der Waals surface area contributed by atoms with Crippen molar-refractivity contribution in [2.75, 3.05) is 0 Å². The number of hydrogen-bond donors (Lipinski definition) is 1. The fourth-order valence-corrected chi connectivity index (χ4v) is 2.34. The number of aryl methyl sites for hydroxylation is 1. The Labute approximate surface area is 131 Å². The summed E-state index contributed by atoms with van der Waals surface area (Å²) < 4.78 is 6.59. The zero-order valence-corrected chi connectivity index (χ0v) is 13.3. The molecule has 0 saturated heterocycles. The van der Waals surface area contributed by atoms with Crippen LogP contribution in [0.4, 0.5) is 5.69 Å². The zero-order valence-electron chi connectivity index (χ0n) is 11.7. The molecule has 0 aromatic heterocycles. The number of hydrogen-bond acceptors (Lipinski definition) is 4. The highest BCUT2D eigenvalue weighted by molar-refractivity contribution is 9.10. The van der Waals surface area contributed by atoms with Crippen LogP contribution >= 0.6 is 15.9 Å². The lowest BCUT2D eigenvalue weighted by atomic mass is 10.1. The second-order valence-corrected chi connectivity index (χ2v) is 5.64. The molecule has 0 aliphatic carbocycles. The Morgan fingerprint density at radius 3 is 2.43 bits per heavy atom. The SMILES string of the molecule is Cc1cc([N+](=O)[O-])ccc1Oc1ccc([C@@H](C)N)cc1Br. The van der Waals surface area contributed by atoms with Crippen molar-refractivity contribution in [2.45, 2.75) is 19.9 Å². The van der Waals surface area contributed by atoms with Crippen LogP contribution in [0.5, 0.6) is 11.5 Å². The second-order valence-electron chi connectivity index (χ2n) is 4.79. The van der Waals surface area contributed by atoms with E-state index in [4.69, 9.17) is 10.5 Å². The summed E-state index contributed by atoms with van der Waals surface area (Å²) in [5, 5.41) is 10.7. The van der Waals surface area contributed by atoms with Gasteiger partial charge < -0.3 is 10.5 Å². The first-order valence-electron chi connectivity index (χ1n) is 6.36. The number of ether oxygens (including phenoxy) is 1. The Kier molecular flexibility index (Phi) is 4.59. The molecule has 0 spiro atoms. The molecular weight excluding hydrogens is 336 g/mol. The van der Waals surface area contributed by atoms with E-state index < -0.39 is 4.92 Å². The number of halogens is 1. The summed E-state index contributed by atoms with van der Waals surface area (Å²) in [6, 6.07) is 10.1. The van der Waals surface area contributed by atoms with E-state index in [1.54, 1.807) is 13.0 Å². The van der Waals surface area contributed by atoms with E-state index in [-0.39, 0.29) is 11.7 Å². The molecule has 0 unspecified atom stereocenters. The first kappa shape index (κ1) is 15.5. The first-order valence-corrected chi connectivity index (χ1v) is 7.15. The highest BCUT2D eigenvalue weighted by atomic mass is 79.9. The summed E-state index contributed by atoms with van der Waals surface area (Å²) in [5.41, 5.74) is 7.57. The first-order chi connectivity index (χ1) is 9.88. The number of non-ortho nitro benzene ring substituents is 1. The zero-order chi connectivity index (χ0) is 15.6. The third kappa shape index (κ3) is 3.59. The third-order valence-corrected chi connectivity index (χ3v) is 3.69. The molecule has 0 saturated carbocycles. The van der Waals surface area contributed by atoms with Crippen LogP contribution in [-0.2, 0) is 0 Å². The molecule has 1 atom stereocenters. The van der Waals surface area contributed by atoms with Crippen molar-refractivity contribution in [1.82, 2.24) is 0 Å². The molecule has 0 amide bonds. The molecule has 2 N–H and O–H groups in total. The third-order valence-electron chi connectivity index (χ3n) is 3.07. The molecule has 2 aromatic rings. The van der Waals surface area contributed by atoms with E-state index in [1.165, 1.54) is 12.1 Å². The van der Waals surface area contributed by atoms with E-state index in [2.05, 4.69) is 15.9 Å². The summed E-state index contributed by atoms with van der Waals surface area (Å²) >= 11 is 3.45. The molecule has 0 aliphatic heterocycles. The largest absolute Gasteiger partial charge is 0.456 e. The van der Waals surface area contributed by atoms with Crippen LogP contribution in [0.25, 0.3) is 0 Å². The predicted octanol–water partition coefficient (Wildman–Crippen LogP) is 4.48. The van der Waals surface area contributed by atoms with Crippen LogP contribution in [-0.4, -0.2) is 4.92 Å². The van der Waals surface area contributed by atoms with E-state index in [0.717, 1.165) is 10.0 Å². The molecular formula is C15H15BrN2O3. The van der Waals surface area contributed by atoms with Gasteiger partial charge in [0.25, 0.3) is 5.69 Å². The van der Waals surface area contributed by atoms with Crippen molar-refractivity contribution < 1.29 is 9.66 Å². The van der Waals surface area contributed by atoms with Gasteiger partial charge in [-0.2, -0.15) is 0 Å². The van der Waals surface area contributed by atoms with Crippen molar-refractivity contribution in [2.24, 2.45) is 5.73 Å². The average Bonchev–Trinajstić information content (AvgIpc) is 2.42. The summed E-state index contributed by atoms with van der Waals surface area (Å²) in [6.07, 6.45) is 0. The molecule has 2 aromatic carbocycles. The Morgan fingerprint density at radius 1 is 1.24 bits per heavy atom. The van der Waals surface area contributed by atoms with E-state index in [0.29, 0.717) is 17.1 Å². The van der Waals surface area contributed by atoms with Gasteiger partial charge in [-0.3, -0.25) is 10.1 Å². The summed E-state index contributed by atoms with van der Waals surface area (Å²) in [5.74, 6) is 1.21. The molecule has 0 heterocycles. The van der Waals surface area contributed by atoms with Crippen molar-refractivity contribution in [3.8, 4) is 11.5 Å². The summed E-state index contributed by atoms with van der Waals surface area (Å²) in [6.45, 7) is 3.68. The average molecular weight is 351 g/mol. The van der Waals surface area contributed by atoms with Crippen LogP contribution in [0.2, 0.25) is 0 Å². The number of nitrogens with zero attached hydrogens (tertiary/aromatic N) is 1. The van der Waals surface area contributed by atoms with Crippen molar-refractivity contribution >= 4 is 21.6 Å². The highest BCUT2D eigenvalue weighted by Gasteiger charge is 2.11. The molecule has 0 bridgehead atoms. The van der Waals surface area contributed by atoms with Crippen LogP contribution in [0, 0.1) is 17.0 Å². The Hall–Kier alpha value is -1.92. The minimum Gasteiger partial charge on any atom is -0.456 e.